The molecule has 20 heavy (non-hydrogen) atoms. The third kappa shape index (κ3) is 2.46. The molecule has 0 radical (unpaired) electrons. The molecule has 1 atom stereocenters. The Hall–Kier alpha value is -1.36. The van der Waals surface area contributed by atoms with Gasteiger partial charge in [0.15, 0.2) is 0 Å². The van der Waals surface area contributed by atoms with E-state index in [9.17, 15) is 0 Å². The second-order valence-electron chi connectivity index (χ2n) is 5.67. The van der Waals surface area contributed by atoms with Crippen molar-refractivity contribution >= 4 is 33.3 Å². The Morgan fingerprint density at radius 1 is 1.45 bits per heavy atom. The molecule has 4 nitrogen and oxygen atoms in total. The maximum absolute atomic E-state index is 4.75. The van der Waals surface area contributed by atoms with E-state index in [1.54, 1.807) is 11.3 Å². The molecule has 0 bridgehead atoms. The Balaban J connectivity index is 2.05. The molecular weight excluding hydrogens is 268 g/mol. The number of aromatic nitrogens is 2. The van der Waals surface area contributed by atoms with E-state index in [2.05, 4.69) is 49.1 Å². The molecule has 0 spiro atoms. The summed E-state index contributed by atoms with van der Waals surface area (Å²) in [5, 5.41) is 4.43. The topological polar surface area (TPSA) is 41.1 Å². The van der Waals surface area contributed by atoms with Crippen molar-refractivity contribution in [1.82, 2.24) is 9.97 Å². The smallest absolute Gasteiger partial charge is 0.226 e. The molecule has 1 aliphatic rings. The van der Waals surface area contributed by atoms with Gasteiger partial charge < -0.3 is 10.2 Å². The average Bonchev–Trinajstić information content (AvgIpc) is 3.19. The maximum atomic E-state index is 4.75. The van der Waals surface area contributed by atoms with Crippen LogP contribution in [-0.4, -0.2) is 29.6 Å². The Morgan fingerprint density at radius 3 is 2.85 bits per heavy atom. The fourth-order valence-corrected chi connectivity index (χ4v) is 3.49. The summed E-state index contributed by atoms with van der Waals surface area (Å²) < 4.78 is 0. The van der Waals surface area contributed by atoms with E-state index in [0.29, 0.717) is 6.04 Å². The van der Waals surface area contributed by atoms with E-state index in [1.165, 1.54) is 23.1 Å². The Morgan fingerprint density at radius 2 is 2.20 bits per heavy atom. The number of hydrogen-bond acceptors (Lipinski definition) is 5. The summed E-state index contributed by atoms with van der Waals surface area (Å²) >= 11 is 1.74. The minimum atomic E-state index is 0.544. The van der Waals surface area contributed by atoms with Crippen LogP contribution in [0.5, 0.6) is 0 Å². The van der Waals surface area contributed by atoms with Gasteiger partial charge >= 0.3 is 0 Å². The van der Waals surface area contributed by atoms with E-state index < -0.39 is 0 Å². The molecule has 1 unspecified atom stereocenters. The maximum Gasteiger partial charge on any atom is 0.226 e. The van der Waals surface area contributed by atoms with Crippen molar-refractivity contribution in [3.63, 3.8) is 0 Å². The van der Waals surface area contributed by atoms with Crippen LogP contribution in [0.2, 0.25) is 0 Å². The second kappa shape index (κ2) is 5.20. The summed E-state index contributed by atoms with van der Waals surface area (Å²) in [6, 6.07) is 2.75. The highest BCUT2D eigenvalue weighted by Gasteiger charge is 2.32. The van der Waals surface area contributed by atoms with Gasteiger partial charge in [0.2, 0.25) is 5.95 Å². The van der Waals surface area contributed by atoms with Crippen LogP contribution in [0.15, 0.2) is 6.07 Å². The summed E-state index contributed by atoms with van der Waals surface area (Å²) in [5.41, 5.74) is 0. The Labute approximate surface area is 124 Å². The van der Waals surface area contributed by atoms with Crippen molar-refractivity contribution in [1.29, 1.82) is 0 Å². The zero-order valence-electron chi connectivity index (χ0n) is 12.6. The van der Waals surface area contributed by atoms with Crippen LogP contribution in [-0.2, 0) is 0 Å². The van der Waals surface area contributed by atoms with E-state index in [-0.39, 0.29) is 0 Å². The van der Waals surface area contributed by atoms with Gasteiger partial charge in [0.1, 0.15) is 10.6 Å². The molecule has 2 aromatic rings. The predicted molar refractivity (Wildman–Crippen MR) is 86.9 cm³/mol. The van der Waals surface area contributed by atoms with Crippen molar-refractivity contribution in [3.05, 3.63) is 10.9 Å². The highest BCUT2D eigenvalue weighted by atomic mass is 32.1. The summed E-state index contributed by atoms with van der Waals surface area (Å²) in [7, 11) is 2.16. The van der Waals surface area contributed by atoms with Crippen LogP contribution in [0.4, 0.5) is 11.8 Å². The lowest BCUT2D eigenvalue weighted by Gasteiger charge is -2.26. The van der Waals surface area contributed by atoms with E-state index in [4.69, 9.17) is 4.98 Å². The van der Waals surface area contributed by atoms with Crippen molar-refractivity contribution in [3.8, 4) is 0 Å². The van der Waals surface area contributed by atoms with Crippen LogP contribution in [0.1, 0.15) is 31.6 Å². The monoisotopic (exact) mass is 290 g/mol. The zero-order valence-corrected chi connectivity index (χ0v) is 13.4. The number of aryl methyl sites for hydroxylation is 1. The molecule has 2 heterocycles. The first-order chi connectivity index (χ1) is 9.60. The van der Waals surface area contributed by atoms with Gasteiger partial charge in [-0.15, -0.1) is 11.3 Å². The lowest BCUT2D eigenvalue weighted by Crippen LogP contribution is -2.31. The minimum absolute atomic E-state index is 0.544. The van der Waals surface area contributed by atoms with Gasteiger partial charge in [0.05, 0.1) is 5.39 Å². The van der Waals surface area contributed by atoms with Crippen molar-refractivity contribution in [2.24, 2.45) is 5.92 Å². The first-order valence-electron chi connectivity index (χ1n) is 7.35. The third-order valence-electron chi connectivity index (χ3n) is 4.08. The zero-order chi connectivity index (χ0) is 14.3. The van der Waals surface area contributed by atoms with E-state index in [1.807, 2.05) is 0 Å². The number of nitrogens with one attached hydrogen (secondary N) is 1. The largest absolute Gasteiger partial charge is 0.356 e. The quantitative estimate of drug-likeness (QED) is 0.912. The lowest BCUT2D eigenvalue weighted by atomic mass is 10.2. The molecule has 0 aliphatic heterocycles. The molecule has 0 aromatic carbocycles. The molecule has 108 valence electrons. The van der Waals surface area contributed by atoms with Crippen molar-refractivity contribution in [2.45, 2.75) is 39.7 Å². The SMILES string of the molecule is CCNc1nc(N(C)C(C)C2CC2)c2cc(C)sc2n1. The first-order valence-corrected chi connectivity index (χ1v) is 8.16. The van der Waals surface area contributed by atoms with Gasteiger partial charge in [-0.25, -0.2) is 4.98 Å². The molecule has 5 heteroatoms. The molecular formula is C15H22N4S. The summed E-state index contributed by atoms with van der Waals surface area (Å²) in [6.07, 6.45) is 2.70. The van der Waals surface area contributed by atoms with Gasteiger partial charge in [-0.05, 0) is 45.6 Å². The average molecular weight is 290 g/mol. The molecule has 1 saturated carbocycles. The Kier molecular flexibility index (Phi) is 3.54. The minimum Gasteiger partial charge on any atom is -0.356 e. The number of hydrogen-bond donors (Lipinski definition) is 1. The predicted octanol–water partition coefficient (Wildman–Crippen LogP) is 3.67. The van der Waals surface area contributed by atoms with Crippen LogP contribution >= 0.6 is 11.3 Å². The van der Waals surface area contributed by atoms with Crippen LogP contribution < -0.4 is 10.2 Å². The highest BCUT2D eigenvalue weighted by Crippen LogP contribution is 2.38. The number of fused-ring (bicyclic) bond motifs is 1. The summed E-state index contributed by atoms with van der Waals surface area (Å²) in [6.45, 7) is 7.35. The van der Waals surface area contributed by atoms with Crippen LogP contribution in [0.25, 0.3) is 10.2 Å². The summed E-state index contributed by atoms with van der Waals surface area (Å²) in [5.74, 6) is 2.63. The highest BCUT2D eigenvalue weighted by molar-refractivity contribution is 7.18. The fraction of sp³-hybridized carbons (Fsp3) is 0.600. The van der Waals surface area contributed by atoms with Crippen molar-refractivity contribution in [2.75, 3.05) is 23.8 Å². The van der Waals surface area contributed by atoms with Gasteiger partial charge in [0, 0.05) is 24.5 Å². The number of nitrogens with zero attached hydrogens (tertiary/aromatic N) is 3. The van der Waals surface area contributed by atoms with E-state index in [0.717, 1.165) is 29.1 Å². The third-order valence-corrected chi connectivity index (χ3v) is 5.02. The van der Waals surface area contributed by atoms with Crippen molar-refractivity contribution < 1.29 is 0 Å². The molecule has 1 aliphatic carbocycles. The summed E-state index contributed by atoms with van der Waals surface area (Å²) in [4.78, 5) is 14.1. The lowest BCUT2D eigenvalue weighted by molar-refractivity contribution is 0.605. The van der Waals surface area contributed by atoms with Gasteiger partial charge in [-0.2, -0.15) is 4.98 Å². The van der Waals surface area contributed by atoms with E-state index >= 15 is 0 Å². The molecule has 2 aromatic heterocycles. The first kappa shape index (κ1) is 13.6. The second-order valence-corrected chi connectivity index (χ2v) is 6.90. The molecule has 1 fully saturated rings. The van der Waals surface area contributed by atoms with Crippen LogP contribution in [0, 0.1) is 12.8 Å². The standard InChI is InChI=1S/C15H22N4S/c1-5-16-15-17-13(19(4)10(3)11-6-7-11)12-8-9(2)20-14(12)18-15/h8,10-11H,5-7H2,1-4H3,(H,16,17,18). The van der Waals surface area contributed by atoms with Gasteiger partial charge in [-0.3, -0.25) is 0 Å². The fourth-order valence-electron chi connectivity index (χ4n) is 2.62. The molecule has 1 N–H and O–H groups in total. The van der Waals surface area contributed by atoms with Gasteiger partial charge in [-0.1, -0.05) is 0 Å². The number of rotatable bonds is 5. The Bertz CT molecular complexity index is 618. The number of anilines is 2. The van der Waals surface area contributed by atoms with Gasteiger partial charge in [0.25, 0.3) is 0 Å². The molecule has 3 rings (SSSR count). The normalized spacial score (nSPS) is 16.4. The number of thiophene rings is 1. The molecule has 0 amide bonds. The van der Waals surface area contributed by atoms with Crippen LogP contribution in [0.3, 0.4) is 0 Å². The molecule has 0 saturated heterocycles.